The number of carbonyl (C=O) groups excluding carboxylic acids is 2. The maximum Gasteiger partial charge on any atom is 0.405 e. The van der Waals surface area contributed by atoms with Crippen LogP contribution in [0.5, 0.6) is 0 Å². The number of aromatic nitrogens is 1. The molecule has 5 heteroatoms. The Morgan fingerprint density at radius 2 is 2.21 bits per heavy atom. The van der Waals surface area contributed by atoms with Gasteiger partial charge >= 0.3 is 6.09 Å². The summed E-state index contributed by atoms with van der Waals surface area (Å²) in [6.45, 7) is 1.56. The molecule has 0 radical (unpaired) electrons. The van der Waals surface area contributed by atoms with E-state index < -0.39 is 11.7 Å². The second kappa shape index (κ2) is 5.14. The van der Waals surface area contributed by atoms with Gasteiger partial charge in [-0.1, -0.05) is 18.2 Å². The summed E-state index contributed by atoms with van der Waals surface area (Å²) in [5, 5.41) is 1.11. The average Bonchev–Trinajstić information content (AvgIpc) is 2.79. The molecule has 19 heavy (non-hydrogen) atoms. The van der Waals surface area contributed by atoms with Crippen LogP contribution in [0.2, 0.25) is 0 Å². The molecule has 100 valence electrons. The van der Waals surface area contributed by atoms with Crippen molar-refractivity contribution in [1.82, 2.24) is 4.98 Å². The van der Waals surface area contributed by atoms with Crippen molar-refractivity contribution in [2.45, 2.75) is 25.4 Å². The van der Waals surface area contributed by atoms with E-state index in [4.69, 9.17) is 10.5 Å². The number of amides is 1. The number of fused-ring (bicyclic) bond motifs is 1. The number of aldehydes is 1. The van der Waals surface area contributed by atoms with Crippen molar-refractivity contribution in [3.05, 3.63) is 36.0 Å². The Morgan fingerprint density at radius 3 is 2.89 bits per heavy atom. The first-order valence-corrected chi connectivity index (χ1v) is 6.04. The van der Waals surface area contributed by atoms with E-state index >= 15 is 0 Å². The quantitative estimate of drug-likeness (QED) is 0.808. The van der Waals surface area contributed by atoms with Crippen LogP contribution in [0.15, 0.2) is 30.5 Å². The minimum Gasteiger partial charge on any atom is -0.436 e. The first-order chi connectivity index (χ1) is 9.04. The summed E-state index contributed by atoms with van der Waals surface area (Å²) < 4.78 is 4.86. The number of H-pyrrole nitrogens is 1. The molecular weight excluding hydrogens is 244 g/mol. The van der Waals surface area contributed by atoms with Gasteiger partial charge in [0.25, 0.3) is 0 Å². The van der Waals surface area contributed by atoms with Crippen molar-refractivity contribution in [3.63, 3.8) is 0 Å². The number of ether oxygens (including phenoxy) is 1. The summed E-state index contributed by atoms with van der Waals surface area (Å²) >= 11 is 0. The van der Waals surface area contributed by atoms with Gasteiger partial charge in [-0.15, -0.1) is 0 Å². The zero-order valence-electron chi connectivity index (χ0n) is 10.7. The highest BCUT2D eigenvalue weighted by atomic mass is 16.6. The standard InChI is InChI=1S/C14H16N2O3/c1-14(9-17,19-13(15)18)7-6-10-8-16-12-5-3-2-4-11(10)12/h2-5,8-9,16H,6-7H2,1H3,(H2,15,18). The zero-order valence-corrected chi connectivity index (χ0v) is 10.7. The molecule has 0 fully saturated rings. The first-order valence-electron chi connectivity index (χ1n) is 6.04. The molecule has 0 saturated carbocycles. The van der Waals surface area contributed by atoms with Gasteiger partial charge < -0.3 is 15.5 Å². The largest absolute Gasteiger partial charge is 0.436 e. The number of carbonyl (C=O) groups is 2. The fourth-order valence-corrected chi connectivity index (χ4v) is 2.09. The molecule has 0 bridgehead atoms. The van der Waals surface area contributed by atoms with E-state index in [1.54, 1.807) is 6.92 Å². The monoisotopic (exact) mass is 260 g/mol. The predicted octanol–water partition coefficient (Wildman–Crippen LogP) is 2.15. The van der Waals surface area contributed by atoms with Crippen LogP contribution in [-0.4, -0.2) is 23.0 Å². The highest BCUT2D eigenvalue weighted by Gasteiger charge is 2.27. The van der Waals surface area contributed by atoms with Crippen LogP contribution in [0, 0.1) is 0 Å². The Morgan fingerprint density at radius 1 is 1.47 bits per heavy atom. The molecule has 0 aliphatic carbocycles. The lowest BCUT2D eigenvalue weighted by Crippen LogP contribution is -2.36. The highest BCUT2D eigenvalue weighted by molar-refractivity contribution is 5.83. The van der Waals surface area contributed by atoms with Crippen LogP contribution in [0.3, 0.4) is 0 Å². The van der Waals surface area contributed by atoms with Gasteiger partial charge in [-0.25, -0.2) is 4.79 Å². The van der Waals surface area contributed by atoms with Crippen LogP contribution >= 0.6 is 0 Å². The fraction of sp³-hybridized carbons (Fsp3) is 0.286. The highest BCUT2D eigenvalue weighted by Crippen LogP contribution is 2.22. The summed E-state index contributed by atoms with van der Waals surface area (Å²) in [4.78, 5) is 25.0. The summed E-state index contributed by atoms with van der Waals surface area (Å²) in [6, 6.07) is 7.90. The van der Waals surface area contributed by atoms with E-state index in [1.807, 2.05) is 30.5 Å². The molecule has 0 aliphatic heterocycles. The Labute approximate surface area is 110 Å². The molecule has 0 aliphatic rings. The van der Waals surface area contributed by atoms with Crippen LogP contribution in [0.4, 0.5) is 4.79 Å². The van der Waals surface area contributed by atoms with E-state index in [1.165, 1.54) is 0 Å². The third kappa shape index (κ3) is 2.93. The maximum absolute atomic E-state index is 11.0. The normalized spacial score (nSPS) is 13.9. The van der Waals surface area contributed by atoms with Crippen molar-refractivity contribution in [1.29, 1.82) is 0 Å². The minimum atomic E-state index is -1.18. The molecule has 1 aromatic carbocycles. The molecule has 1 unspecified atom stereocenters. The number of nitrogens with two attached hydrogens (primary N) is 1. The Balaban J connectivity index is 2.13. The van der Waals surface area contributed by atoms with Crippen LogP contribution in [0.1, 0.15) is 18.9 Å². The van der Waals surface area contributed by atoms with Gasteiger partial charge in [0.1, 0.15) is 0 Å². The Kier molecular flexibility index (Phi) is 3.55. The number of hydrogen-bond acceptors (Lipinski definition) is 3. The van der Waals surface area contributed by atoms with Crippen molar-refractivity contribution in [2.75, 3.05) is 0 Å². The van der Waals surface area contributed by atoms with Gasteiger partial charge in [0.2, 0.25) is 0 Å². The fourth-order valence-electron chi connectivity index (χ4n) is 2.09. The van der Waals surface area contributed by atoms with Gasteiger partial charge in [0.15, 0.2) is 11.9 Å². The molecule has 1 atom stereocenters. The van der Waals surface area contributed by atoms with Gasteiger partial charge in [0.05, 0.1) is 0 Å². The maximum atomic E-state index is 11.0. The smallest absolute Gasteiger partial charge is 0.405 e. The molecular formula is C14H16N2O3. The van der Waals surface area contributed by atoms with Gasteiger partial charge in [0, 0.05) is 17.1 Å². The van der Waals surface area contributed by atoms with Crippen LogP contribution in [-0.2, 0) is 16.0 Å². The lowest BCUT2D eigenvalue weighted by atomic mass is 9.98. The third-order valence-corrected chi connectivity index (χ3v) is 3.15. The van der Waals surface area contributed by atoms with Crippen molar-refractivity contribution >= 4 is 23.3 Å². The third-order valence-electron chi connectivity index (χ3n) is 3.15. The topological polar surface area (TPSA) is 85.2 Å². The molecule has 3 N–H and O–H groups in total. The van der Waals surface area contributed by atoms with Crippen molar-refractivity contribution in [2.24, 2.45) is 5.73 Å². The molecule has 2 aromatic rings. The Hall–Kier alpha value is -2.30. The minimum absolute atomic E-state index is 0.390. The van der Waals surface area contributed by atoms with E-state index in [9.17, 15) is 9.59 Å². The summed E-state index contributed by atoms with van der Waals surface area (Å²) in [5.74, 6) is 0. The molecule has 1 heterocycles. The second-order valence-corrected chi connectivity index (χ2v) is 4.71. The number of aromatic amines is 1. The first kappa shape index (κ1) is 13.1. The lowest BCUT2D eigenvalue weighted by molar-refractivity contribution is -0.123. The Bertz CT molecular complexity index is 606. The zero-order chi connectivity index (χ0) is 13.9. The van der Waals surface area contributed by atoms with Gasteiger partial charge in [-0.3, -0.25) is 4.79 Å². The number of nitrogens with one attached hydrogen (secondary N) is 1. The molecule has 2 rings (SSSR count). The van der Waals surface area contributed by atoms with Gasteiger partial charge in [-0.2, -0.15) is 0 Å². The molecule has 5 nitrogen and oxygen atoms in total. The summed E-state index contributed by atoms with van der Waals surface area (Å²) in [6.07, 6.45) is 2.59. The summed E-state index contributed by atoms with van der Waals surface area (Å²) in [7, 11) is 0. The number of aryl methyl sites for hydroxylation is 1. The van der Waals surface area contributed by atoms with Crippen molar-refractivity contribution in [3.8, 4) is 0 Å². The van der Waals surface area contributed by atoms with E-state index in [-0.39, 0.29) is 0 Å². The summed E-state index contributed by atoms with van der Waals surface area (Å²) in [5.41, 5.74) is 5.91. The number of para-hydroxylation sites is 1. The van der Waals surface area contributed by atoms with E-state index in [0.717, 1.165) is 16.5 Å². The van der Waals surface area contributed by atoms with E-state index in [2.05, 4.69) is 4.98 Å². The second-order valence-electron chi connectivity index (χ2n) is 4.71. The molecule has 0 spiro atoms. The van der Waals surface area contributed by atoms with Crippen LogP contribution < -0.4 is 5.73 Å². The molecule has 1 amide bonds. The number of rotatable bonds is 5. The van der Waals surface area contributed by atoms with E-state index in [0.29, 0.717) is 19.1 Å². The number of primary amides is 1. The number of benzene rings is 1. The molecule has 1 aromatic heterocycles. The van der Waals surface area contributed by atoms with Crippen LogP contribution in [0.25, 0.3) is 10.9 Å². The number of hydrogen-bond donors (Lipinski definition) is 2. The van der Waals surface area contributed by atoms with Gasteiger partial charge in [-0.05, 0) is 31.4 Å². The molecule has 0 saturated heterocycles. The van der Waals surface area contributed by atoms with Crippen molar-refractivity contribution < 1.29 is 14.3 Å². The average molecular weight is 260 g/mol. The lowest BCUT2D eigenvalue weighted by Gasteiger charge is -2.21. The predicted molar refractivity (Wildman–Crippen MR) is 71.8 cm³/mol. The SMILES string of the molecule is CC(C=O)(CCc1c[nH]c2ccccc12)OC(N)=O.